The van der Waals surface area contributed by atoms with Crippen LogP contribution in [0.3, 0.4) is 0 Å². The Morgan fingerprint density at radius 1 is 1.17 bits per heavy atom. The fourth-order valence-corrected chi connectivity index (χ4v) is 4.40. The van der Waals surface area contributed by atoms with Crippen LogP contribution in [-0.4, -0.2) is 34.7 Å². The summed E-state index contributed by atoms with van der Waals surface area (Å²) in [6.07, 6.45) is 1.68. The predicted molar refractivity (Wildman–Crippen MR) is 105 cm³/mol. The van der Waals surface area contributed by atoms with Gasteiger partial charge in [0.2, 0.25) is 0 Å². The summed E-state index contributed by atoms with van der Waals surface area (Å²) in [5, 5.41) is 9.18. The Morgan fingerprint density at radius 2 is 1.87 bits per heavy atom. The fraction of sp³-hybridized carbons (Fsp3) is 0.300. The number of hydrogen-bond donors (Lipinski definition) is 1. The summed E-state index contributed by atoms with van der Waals surface area (Å²) < 4.78 is 59.8. The zero-order valence-corrected chi connectivity index (χ0v) is 17.2. The molecule has 160 valence electrons. The molecule has 0 fully saturated rings. The largest absolute Gasteiger partial charge is 0.396 e. The van der Waals surface area contributed by atoms with Crippen LogP contribution in [0.5, 0.6) is 5.75 Å². The molecule has 0 bridgehead atoms. The maximum Gasteiger partial charge on any atom is 0.357 e. The summed E-state index contributed by atoms with van der Waals surface area (Å²) in [7, 11) is -4.51. The molecule has 0 aliphatic rings. The van der Waals surface area contributed by atoms with Crippen molar-refractivity contribution in [2.45, 2.75) is 37.8 Å². The molecule has 30 heavy (non-hydrogen) atoms. The highest BCUT2D eigenvalue weighted by molar-refractivity contribution is 7.87. The molecule has 7 nitrogen and oxygen atoms in total. The molecular weight excluding hydrogens is 416 g/mol. The minimum Gasteiger partial charge on any atom is -0.396 e. The maximum absolute atomic E-state index is 13.5. The second-order valence-corrected chi connectivity index (χ2v) is 8.36. The number of pyridine rings is 1. The fourth-order valence-electron chi connectivity index (χ4n) is 2.99. The van der Waals surface area contributed by atoms with Gasteiger partial charge in [-0.1, -0.05) is 19.9 Å². The number of halogens is 2. The van der Waals surface area contributed by atoms with E-state index < -0.39 is 27.5 Å². The minimum absolute atomic E-state index is 0.0608. The van der Waals surface area contributed by atoms with Gasteiger partial charge in [-0.25, -0.2) is 13.8 Å². The van der Waals surface area contributed by atoms with Crippen LogP contribution >= 0.6 is 0 Å². The van der Waals surface area contributed by atoms with Gasteiger partial charge >= 0.3 is 10.1 Å². The summed E-state index contributed by atoms with van der Waals surface area (Å²) in [5.41, 5.74) is 0.795. The highest BCUT2D eigenvalue weighted by Crippen LogP contribution is 2.29. The number of rotatable bonds is 8. The van der Waals surface area contributed by atoms with Gasteiger partial charge in [0.15, 0.2) is 5.03 Å². The Hall–Kier alpha value is -2.85. The number of benzene rings is 1. The maximum atomic E-state index is 13.5. The van der Waals surface area contributed by atoms with Crippen molar-refractivity contribution in [3.05, 3.63) is 71.4 Å². The van der Waals surface area contributed by atoms with E-state index in [9.17, 15) is 22.3 Å². The van der Waals surface area contributed by atoms with E-state index in [0.717, 1.165) is 12.1 Å². The van der Waals surface area contributed by atoms with E-state index in [1.165, 1.54) is 4.57 Å². The molecule has 10 heteroatoms. The molecule has 3 rings (SSSR count). The third-order valence-corrected chi connectivity index (χ3v) is 5.55. The van der Waals surface area contributed by atoms with E-state index in [4.69, 9.17) is 4.18 Å². The van der Waals surface area contributed by atoms with Crippen molar-refractivity contribution in [3.8, 4) is 5.75 Å². The molecule has 0 unspecified atom stereocenters. The molecule has 1 N–H and O–H groups in total. The Balaban J connectivity index is 2.14. The molecule has 0 aliphatic heterocycles. The average molecular weight is 437 g/mol. The van der Waals surface area contributed by atoms with E-state index in [-0.39, 0.29) is 36.2 Å². The van der Waals surface area contributed by atoms with Gasteiger partial charge in [0, 0.05) is 30.8 Å². The number of nitrogens with zero attached hydrogens (tertiary/aromatic N) is 3. The Bertz CT molecular complexity index is 1110. The molecule has 2 aromatic heterocycles. The molecular formula is C20H21F2N3O4S. The van der Waals surface area contributed by atoms with Crippen molar-refractivity contribution in [2.75, 3.05) is 6.61 Å². The molecule has 3 aromatic rings. The van der Waals surface area contributed by atoms with Crippen LogP contribution in [-0.2, 0) is 23.1 Å². The number of hydrogen-bond acceptors (Lipinski definition) is 6. The van der Waals surface area contributed by atoms with Crippen molar-refractivity contribution in [1.29, 1.82) is 0 Å². The lowest BCUT2D eigenvalue weighted by molar-refractivity contribution is 0.294. The van der Waals surface area contributed by atoms with Gasteiger partial charge in [-0.3, -0.25) is 4.98 Å². The molecule has 0 atom stereocenters. The summed E-state index contributed by atoms with van der Waals surface area (Å²) in [6.45, 7) is 3.34. The zero-order chi connectivity index (χ0) is 21.9. The van der Waals surface area contributed by atoms with Crippen molar-refractivity contribution in [2.24, 2.45) is 0 Å². The van der Waals surface area contributed by atoms with Crippen LogP contribution < -0.4 is 4.18 Å². The summed E-state index contributed by atoms with van der Waals surface area (Å²) in [6, 6.07) is 7.38. The molecule has 0 saturated carbocycles. The highest BCUT2D eigenvalue weighted by Gasteiger charge is 2.31. The van der Waals surface area contributed by atoms with Crippen LogP contribution in [0.15, 0.2) is 47.6 Å². The topological polar surface area (TPSA) is 94.3 Å². The molecule has 0 saturated heterocycles. The van der Waals surface area contributed by atoms with Crippen molar-refractivity contribution in [3.63, 3.8) is 0 Å². The Labute approximate surface area is 173 Å². The molecule has 2 heterocycles. The first-order valence-corrected chi connectivity index (χ1v) is 10.6. The quantitative estimate of drug-likeness (QED) is 0.545. The van der Waals surface area contributed by atoms with E-state index >= 15 is 0 Å². The SMILES string of the molecule is CC(C)c1nc(CCO)n(Cc2ccccn2)c1S(=O)(=O)Oc1cc(F)cc(F)c1. The molecule has 0 aliphatic carbocycles. The normalized spacial score (nSPS) is 11.8. The first-order chi connectivity index (χ1) is 14.2. The van der Waals surface area contributed by atoms with Gasteiger partial charge < -0.3 is 13.9 Å². The lowest BCUT2D eigenvalue weighted by atomic mass is 10.1. The van der Waals surface area contributed by atoms with E-state index in [2.05, 4.69) is 9.97 Å². The first kappa shape index (κ1) is 21.8. The highest BCUT2D eigenvalue weighted by atomic mass is 32.2. The molecule has 0 spiro atoms. The van der Waals surface area contributed by atoms with Crippen LogP contribution in [0.1, 0.15) is 37.0 Å². The molecule has 0 amide bonds. The third-order valence-electron chi connectivity index (χ3n) is 4.23. The van der Waals surface area contributed by atoms with Gasteiger partial charge in [0.25, 0.3) is 0 Å². The van der Waals surface area contributed by atoms with E-state index in [1.807, 2.05) is 0 Å². The van der Waals surface area contributed by atoms with Crippen molar-refractivity contribution in [1.82, 2.24) is 14.5 Å². The number of imidazole rings is 1. The van der Waals surface area contributed by atoms with Gasteiger partial charge in [-0.2, -0.15) is 8.42 Å². The van der Waals surface area contributed by atoms with Crippen LogP contribution in [0.25, 0.3) is 0 Å². The van der Waals surface area contributed by atoms with E-state index in [1.54, 1.807) is 38.2 Å². The van der Waals surface area contributed by atoms with Crippen LogP contribution in [0.2, 0.25) is 0 Å². The molecule has 1 aromatic carbocycles. The first-order valence-electron chi connectivity index (χ1n) is 9.22. The van der Waals surface area contributed by atoms with Gasteiger partial charge in [-0.15, -0.1) is 0 Å². The number of aromatic nitrogens is 3. The summed E-state index contributed by atoms with van der Waals surface area (Å²) in [5.74, 6) is -2.39. The Morgan fingerprint density at radius 3 is 2.43 bits per heavy atom. The second kappa shape index (κ2) is 8.88. The van der Waals surface area contributed by atoms with Gasteiger partial charge in [0.1, 0.15) is 23.2 Å². The smallest absolute Gasteiger partial charge is 0.357 e. The lowest BCUT2D eigenvalue weighted by Crippen LogP contribution is -2.19. The number of aliphatic hydroxyl groups is 1. The number of aliphatic hydroxyl groups excluding tert-OH is 1. The predicted octanol–water partition coefficient (Wildman–Crippen LogP) is 3.03. The summed E-state index contributed by atoms with van der Waals surface area (Å²) in [4.78, 5) is 8.62. The van der Waals surface area contributed by atoms with Crippen molar-refractivity contribution < 1.29 is 26.5 Å². The lowest BCUT2D eigenvalue weighted by Gasteiger charge is -2.14. The van der Waals surface area contributed by atoms with Gasteiger partial charge in [0.05, 0.1) is 24.5 Å². The minimum atomic E-state index is -4.51. The molecule has 0 radical (unpaired) electrons. The monoisotopic (exact) mass is 437 g/mol. The van der Waals surface area contributed by atoms with Crippen LogP contribution in [0, 0.1) is 11.6 Å². The van der Waals surface area contributed by atoms with Gasteiger partial charge in [-0.05, 0) is 18.1 Å². The van der Waals surface area contributed by atoms with Crippen LogP contribution in [0.4, 0.5) is 8.78 Å². The van der Waals surface area contributed by atoms with Crippen molar-refractivity contribution >= 4 is 10.1 Å². The standard InChI is InChI=1S/C20H21F2N3O4S/c1-13(2)19-20(30(27,28)29-17-10-14(21)9-15(22)11-17)25(18(24-19)6-8-26)12-16-5-3-4-7-23-16/h3-5,7,9-11,13,26H,6,8,12H2,1-2H3. The third kappa shape index (κ3) is 4.82. The summed E-state index contributed by atoms with van der Waals surface area (Å²) >= 11 is 0. The van der Waals surface area contributed by atoms with E-state index in [0.29, 0.717) is 17.6 Å². The zero-order valence-electron chi connectivity index (χ0n) is 16.4. The second-order valence-electron chi connectivity index (χ2n) is 6.90. The average Bonchev–Trinajstić information content (AvgIpc) is 3.01. The Kier molecular flexibility index (Phi) is 6.47.